The Hall–Kier alpha value is -9.18. The summed E-state index contributed by atoms with van der Waals surface area (Å²) in [5.41, 5.74) is 17.2. The minimum atomic E-state index is -0.545. The molecule has 0 aliphatic heterocycles. The van der Waals surface area contributed by atoms with Crippen molar-refractivity contribution in [2.75, 3.05) is 0 Å². The lowest BCUT2D eigenvalue weighted by Crippen LogP contribution is -2.28. The first-order valence-electron chi connectivity index (χ1n) is 24.1. The van der Waals surface area contributed by atoms with Crippen molar-refractivity contribution in [3.8, 4) is 61.8 Å². The average molecular weight is 890 g/mol. The van der Waals surface area contributed by atoms with E-state index in [1.54, 1.807) is 0 Å². The van der Waals surface area contributed by atoms with E-state index in [-0.39, 0.29) is 0 Å². The second-order valence-electron chi connectivity index (χ2n) is 18.4. The number of rotatable bonds is 7. The fraction of sp³-hybridized carbons (Fsp3) is 0.0149. The molecule has 13 aromatic rings. The molecule has 1 aliphatic carbocycles. The summed E-state index contributed by atoms with van der Waals surface area (Å²) in [6.07, 6.45) is 0. The molecule has 0 bridgehead atoms. The van der Waals surface area contributed by atoms with Crippen LogP contribution < -0.4 is 0 Å². The van der Waals surface area contributed by atoms with Gasteiger partial charge < -0.3 is 4.57 Å². The first kappa shape index (κ1) is 39.9. The van der Waals surface area contributed by atoms with E-state index in [4.69, 9.17) is 9.97 Å². The summed E-state index contributed by atoms with van der Waals surface area (Å²) in [5, 5.41) is 7.30. The topological polar surface area (TPSA) is 30.7 Å². The number of hydrogen-bond acceptors (Lipinski definition) is 2. The molecule has 0 N–H and O–H groups in total. The highest BCUT2D eigenvalue weighted by molar-refractivity contribution is 6.14. The molecule has 2 heterocycles. The molecule has 0 amide bonds. The van der Waals surface area contributed by atoms with Crippen molar-refractivity contribution in [3.63, 3.8) is 0 Å². The van der Waals surface area contributed by atoms with Gasteiger partial charge in [-0.05, 0) is 115 Å². The highest BCUT2D eigenvalue weighted by Gasteiger charge is 2.46. The van der Waals surface area contributed by atoms with Gasteiger partial charge in [-0.1, -0.05) is 212 Å². The van der Waals surface area contributed by atoms with Crippen LogP contribution in [-0.4, -0.2) is 14.5 Å². The van der Waals surface area contributed by atoms with Crippen molar-refractivity contribution in [1.29, 1.82) is 0 Å². The molecule has 3 nitrogen and oxygen atoms in total. The van der Waals surface area contributed by atoms with Crippen LogP contribution >= 0.6 is 0 Å². The van der Waals surface area contributed by atoms with Crippen LogP contribution in [0.4, 0.5) is 0 Å². The summed E-state index contributed by atoms with van der Waals surface area (Å²) in [6.45, 7) is 0. The quantitative estimate of drug-likeness (QED) is 0.149. The Morgan fingerprint density at radius 3 is 1.53 bits per heavy atom. The van der Waals surface area contributed by atoms with Gasteiger partial charge >= 0.3 is 0 Å². The molecule has 0 atom stereocenters. The van der Waals surface area contributed by atoms with Crippen molar-refractivity contribution in [2.45, 2.75) is 5.41 Å². The van der Waals surface area contributed by atoms with E-state index >= 15 is 0 Å². The van der Waals surface area contributed by atoms with Crippen LogP contribution in [-0.2, 0) is 5.41 Å². The molecule has 1 aliphatic rings. The van der Waals surface area contributed by atoms with Gasteiger partial charge in [-0.3, -0.25) is 0 Å². The molecule has 3 heteroatoms. The van der Waals surface area contributed by atoms with Gasteiger partial charge in [-0.15, -0.1) is 0 Å². The number of hydrogen-bond donors (Lipinski definition) is 0. The zero-order valence-corrected chi connectivity index (χ0v) is 38.2. The van der Waals surface area contributed by atoms with Crippen LogP contribution in [0.15, 0.2) is 261 Å². The second-order valence-corrected chi connectivity index (χ2v) is 18.4. The van der Waals surface area contributed by atoms with Crippen LogP contribution in [0, 0.1) is 0 Å². The van der Waals surface area contributed by atoms with Crippen LogP contribution in [0.1, 0.15) is 22.3 Å². The molecule has 0 radical (unpaired) electrons. The SMILES string of the molecule is c1ccc(-c2cc(-c3ccc4c(c3)C(c3ccccc3)(c3ccccc3)c3ccccc3-4)nc(-c3cc(-c4cc5ccccc5c5ccccc45)cc(-n4c5ccccc5c5ccccc54)c3)n2)cc1. The Labute approximate surface area is 406 Å². The van der Waals surface area contributed by atoms with Crippen LogP contribution in [0.5, 0.6) is 0 Å². The average Bonchev–Trinajstić information content (AvgIpc) is 3.94. The molecular formula is C67H43N3. The van der Waals surface area contributed by atoms with E-state index in [0.29, 0.717) is 5.82 Å². The molecule has 14 rings (SSSR count). The number of para-hydroxylation sites is 2. The third kappa shape index (κ3) is 6.15. The first-order valence-corrected chi connectivity index (χ1v) is 24.1. The highest BCUT2D eigenvalue weighted by atomic mass is 15.0. The Kier molecular flexibility index (Phi) is 9.11. The summed E-state index contributed by atoms with van der Waals surface area (Å²) in [7, 11) is 0. The maximum absolute atomic E-state index is 5.64. The van der Waals surface area contributed by atoms with Gasteiger partial charge in [0.1, 0.15) is 0 Å². The zero-order valence-electron chi connectivity index (χ0n) is 38.2. The van der Waals surface area contributed by atoms with Crippen LogP contribution in [0.3, 0.4) is 0 Å². The van der Waals surface area contributed by atoms with Crippen molar-refractivity contribution in [1.82, 2.24) is 14.5 Å². The lowest BCUT2D eigenvalue weighted by molar-refractivity contribution is 0.768. The number of benzene rings is 11. The van der Waals surface area contributed by atoms with Crippen molar-refractivity contribution >= 4 is 43.4 Å². The molecule has 2 aromatic heterocycles. The Balaban J connectivity index is 1.04. The van der Waals surface area contributed by atoms with Crippen LogP contribution in [0.2, 0.25) is 0 Å². The molecule has 0 saturated carbocycles. The van der Waals surface area contributed by atoms with Gasteiger partial charge in [-0.25, -0.2) is 9.97 Å². The van der Waals surface area contributed by atoms with Gasteiger partial charge in [0.2, 0.25) is 0 Å². The smallest absolute Gasteiger partial charge is 0.160 e. The maximum Gasteiger partial charge on any atom is 0.160 e. The van der Waals surface area contributed by atoms with Gasteiger partial charge in [0.15, 0.2) is 5.82 Å². The molecule has 0 fully saturated rings. The van der Waals surface area contributed by atoms with E-state index in [1.165, 1.54) is 65.7 Å². The fourth-order valence-electron chi connectivity index (χ4n) is 11.6. The third-order valence-electron chi connectivity index (χ3n) is 14.6. The highest BCUT2D eigenvalue weighted by Crippen LogP contribution is 2.56. The lowest BCUT2D eigenvalue weighted by Gasteiger charge is -2.34. The Morgan fingerprint density at radius 2 is 0.829 bits per heavy atom. The summed E-state index contributed by atoms with van der Waals surface area (Å²) in [5.74, 6) is 0.659. The number of fused-ring (bicyclic) bond motifs is 9. The predicted octanol–water partition coefficient (Wildman–Crippen LogP) is 16.9. The standard InChI is InChI=1S/C67H43N3/c1-4-20-44(21-5-1)62-43-63(46-36-37-56-55-30-14-17-33-60(55)67(61(56)42-46,49-23-6-2-7-24-49)50-25-8-3-9-26-50)69-66(68-62)48-38-47(59-41-45-22-10-11-27-52(45)53-28-12-13-29-54(53)59)39-51(40-48)70-64-34-18-15-31-57(64)58-32-16-19-35-65(58)70/h1-43H. The number of nitrogens with zero attached hydrogens (tertiary/aromatic N) is 3. The minimum absolute atomic E-state index is 0.545. The Morgan fingerprint density at radius 1 is 0.300 bits per heavy atom. The van der Waals surface area contributed by atoms with Crippen molar-refractivity contribution < 1.29 is 0 Å². The summed E-state index contributed by atoms with van der Waals surface area (Å²) in [4.78, 5) is 11.1. The van der Waals surface area contributed by atoms with Gasteiger partial charge in [0, 0.05) is 33.2 Å². The first-order chi connectivity index (χ1) is 34.7. The zero-order chi connectivity index (χ0) is 46.2. The van der Waals surface area contributed by atoms with E-state index in [9.17, 15) is 0 Å². The third-order valence-corrected chi connectivity index (χ3v) is 14.6. The monoisotopic (exact) mass is 889 g/mol. The van der Waals surface area contributed by atoms with Crippen LogP contribution in [0.25, 0.3) is 105 Å². The second kappa shape index (κ2) is 16.0. The summed E-state index contributed by atoms with van der Waals surface area (Å²) < 4.78 is 2.41. The largest absolute Gasteiger partial charge is 0.309 e. The summed E-state index contributed by atoms with van der Waals surface area (Å²) in [6, 6.07) is 94.8. The minimum Gasteiger partial charge on any atom is -0.309 e. The summed E-state index contributed by atoms with van der Waals surface area (Å²) >= 11 is 0. The van der Waals surface area contributed by atoms with E-state index in [0.717, 1.165) is 55.9 Å². The van der Waals surface area contributed by atoms with E-state index < -0.39 is 5.41 Å². The predicted molar refractivity (Wildman–Crippen MR) is 290 cm³/mol. The van der Waals surface area contributed by atoms with E-state index in [1.807, 2.05) is 0 Å². The molecule has 0 saturated heterocycles. The fourth-order valence-corrected chi connectivity index (χ4v) is 11.6. The molecule has 326 valence electrons. The number of aromatic nitrogens is 3. The van der Waals surface area contributed by atoms with Gasteiger partial charge in [-0.2, -0.15) is 0 Å². The van der Waals surface area contributed by atoms with Gasteiger partial charge in [0.05, 0.1) is 27.8 Å². The maximum atomic E-state index is 5.64. The van der Waals surface area contributed by atoms with Gasteiger partial charge in [0.25, 0.3) is 0 Å². The molecule has 70 heavy (non-hydrogen) atoms. The van der Waals surface area contributed by atoms with Crippen molar-refractivity contribution in [2.24, 2.45) is 0 Å². The van der Waals surface area contributed by atoms with E-state index in [2.05, 4.69) is 265 Å². The molecule has 0 unspecified atom stereocenters. The molecular weight excluding hydrogens is 847 g/mol. The molecule has 11 aromatic carbocycles. The van der Waals surface area contributed by atoms with Crippen molar-refractivity contribution in [3.05, 3.63) is 283 Å². The lowest BCUT2D eigenvalue weighted by atomic mass is 9.67. The normalized spacial score (nSPS) is 12.7. The molecule has 0 spiro atoms. The Bertz CT molecular complexity index is 4080.